The second-order valence-corrected chi connectivity index (χ2v) is 5.57. The van der Waals surface area contributed by atoms with Gasteiger partial charge in [-0.05, 0) is 49.3 Å². The quantitative estimate of drug-likeness (QED) is 0.342. The molecule has 2 rings (SSSR count). The summed E-state index contributed by atoms with van der Waals surface area (Å²) in [5, 5.41) is 26.0. The van der Waals surface area contributed by atoms with E-state index in [1.54, 1.807) is 19.1 Å². The van der Waals surface area contributed by atoms with Crippen molar-refractivity contribution in [2.24, 2.45) is 0 Å². The van der Waals surface area contributed by atoms with E-state index in [9.17, 15) is 20.0 Å². The first-order valence-electron chi connectivity index (χ1n) is 6.95. The molecule has 0 aromatic heterocycles. The van der Waals surface area contributed by atoms with Crippen LogP contribution in [-0.4, -0.2) is 21.0 Å². The molecule has 0 aliphatic rings. The van der Waals surface area contributed by atoms with Crippen LogP contribution in [0.15, 0.2) is 36.4 Å². The number of phenolic OH excluding ortho intramolecular Hbond substituents is 1. The predicted molar refractivity (Wildman–Crippen MR) is 94.4 cm³/mol. The van der Waals surface area contributed by atoms with Crippen LogP contribution in [0.25, 0.3) is 0 Å². The van der Waals surface area contributed by atoms with Crippen molar-refractivity contribution in [3.63, 3.8) is 0 Å². The number of nitro groups is 1. The Morgan fingerprint density at radius 3 is 2.58 bits per heavy atom. The van der Waals surface area contributed by atoms with Crippen molar-refractivity contribution in [3.8, 4) is 5.75 Å². The maximum absolute atomic E-state index is 12.2. The van der Waals surface area contributed by atoms with Gasteiger partial charge >= 0.3 is 0 Å². The van der Waals surface area contributed by atoms with Gasteiger partial charge in [0.1, 0.15) is 11.3 Å². The average molecular weight is 345 g/mol. The number of phenols is 1. The van der Waals surface area contributed by atoms with Crippen LogP contribution in [0.5, 0.6) is 5.75 Å². The van der Waals surface area contributed by atoms with Crippen LogP contribution in [0, 0.1) is 24.0 Å². The number of hydrogen-bond acceptors (Lipinski definition) is 5. The van der Waals surface area contributed by atoms with Gasteiger partial charge in [-0.1, -0.05) is 18.2 Å². The number of para-hydroxylation sites is 1. The van der Waals surface area contributed by atoms with Gasteiger partial charge in [-0.25, -0.2) is 0 Å². The van der Waals surface area contributed by atoms with Crippen molar-refractivity contribution in [2.75, 3.05) is 5.32 Å². The molecule has 0 heterocycles. The van der Waals surface area contributed by atoms with E-state index in [0.717, 1.165) is 5.56 Å². The van der Waals surface area contributed by atoms with E-state index >= 15 is 0 Å². The lowest BCUT2D eigenvalue weighted by molar-refractivity contribution is -0.385. The fourth-order valence-electron chi connectivity index (χ4n) is 2.20. The maximum atomic E-state index is 12.2. The van der Waals surface area contributed by atoms with Gasteiger partial charge in [0.05, 0.1) is 10.6 Å². The standard InChI is InChI=1S/C16H15N3O4S/c1-9-7-10(2)14(20)12(8-9)17-16(24)18-15(21)11-5-3-4-6-13(11)19(22)23/h3-8,20H,1-2H3,(H2,17,18,21,24). The van der Waals surface area contributed by atoms with E-state index in [4.69, 9.17) is 12.2 Å². The minimum absolute atomic E-state index is 0.0166. The number of nitrogens with one attached hydrogen (secondary N) is 2. The molecule has 0 saturated heterocycles. The minimum atomic E-state index is -0.705. The lowest BCUT2D eigenvalue weighted by atomic mass is 10.1. The van der Waals surface area contributed by atoms with Crippen molar-refractivity contribution in [3.05, 3.63) is 63.2 Å². The van der Waals surface area contributed by atoms with Crippen LogP contribution in [0.1, 0.15) is 21.5 Å². The highest BCUT2D eigenvalue weighted by Crippen LogP contribution is 2.28. The fourth-order valence-corrected chi connectivity index (χ4v) is 2.41. The molecule has 24 heavy (non-hydrogen) atoms. The van der Waals surface area contributed by atoms with Crippen molar-refractivity contribution in [2.45, 2.75) is 13.8 Å². The Morgan fingerprint density at radius 2 is 1.92 bits per heavy atom. The SMILES string of the molecule is Cc1cc(C)c(O)c(NC(=S)NC(=O)c2ccccc2[N+](=O)[O-])c1. The number of aryl methyl sites for hydroxylation is 2. The number of rotatable bonds is 3. The largest absolute Gasteiger partial charge is 0.505 e. The Hall–Kier alpha value is -3.00. The highest BCUT2D eigenvalue weighted by molar-refractivity contribution is 7.80. The van der Waals surface area contributed by atoms with E-state index in [0.29, 0.717) is 11.3 Å². The van der Waals surface area contributed by atoms with Gasteiger partial charge in [-0.2, -0.15) is 0 Å². The van der Waals surface area contributed by atoms with E-state index in [2.05, 4.69) is 10.6 Å². The third-order valence-electron chi connectivity index (χ3n) is 3.27. The number of hydrogen-bond donors (Lipinski definition) is 3. The lowest BCUT2D eigenvalue weighted by Gasteiger charge is -2.13. The van der Waals surface area contributed by atoms with Crippen LogP contribution < -0.4 is 10.6 Å². The molecule has 0 aliphatic heterocycles. The molecule has 0 atom stereocenters. The number of benzene rings is 2. The van der Waals surface area contributed by atoms with E-state index < -0.39 is 10.8 Å². The first-order chi connectivity index (χ1) is 11.3. The van der Waals surface area contributed by atoms with Crippen molar-refractivity contribution >= 4 is 34.6 Å². The van der Waals surface area contributed by atoms with Crippen LogP contribution in [-0.2, 0) is 0 Å². The number of anilines is 1. The average Bonchev–Trinajstić information content (AvgIpc) is 2.51. The molecule has 7 nitrogen and oxygen atoms in total. The van der Waals surface area contributed by atoms with Crippen LogP contribution >= 0.6 is 12.2 Å². The summed E-state index contributed by atoms with van der Waals surface area (Å²) >= 11 is 5.04. The first kappa shape index (κ1) is 17.4. The second kappa shape index (κ2) is 7.05. The smallest absolute Gasteiger partial charge is 0.282 e. The van der Waals surface area contributed by atoms with Gasteiger partial charge in [-0.15, -0.1) is 0 Å². The molecule has 0 fully saturated rings. The molecule has 8 heteroatoms. The number of carbonyl (C=O) groups is 1. The molecule has 0 spiro atoms. The van der Waals surface area contributed by atoms with Gasteiger partial charge in [0.25, 0.3) is 11.6 Å². The van der Waals surface area contributed by atoms with Gasteiger partial charge in [0, 0.05) is 6.07 Å². The Bertz CT molecular complexity index is 836. The zero-order valence-corrected chi connectivity index (χ0v) is 13.8. The molecule has 0 unspecified atom stereocenters. The zero-order valence-electron chi connectivity index (χ0n) is 13.0. The predicted octanol–water partition coefficient (Wildman–Crippen LogP) is 3.04. The fraction of sp³-hybridized carbons (Fsp3) is 0.125. The summed E-state index contributed by atoms with van der Waals surface area (Å²) in [5.74, 6) is -0.688. The normalized spacial score (nSPS) is 10.1. The Kier molecular flexibility index (Phi) is 5.10. The molecule has 0 bridgehead atoms. The van der Waals surface area contributed by atoms with Crippen LogP contribution in [0.2, 0.25) is 0 Å². The molecular weight excluding hydrogens is 330 g/mol. The second-order valence-electron chi connectivity index (χ2n) is 5.16. The van der Waals surface area contributed by atoms with Gasteiger partial charge < -0.3 is 10.4 Å². The number of nitro benzene ring substituents is 1. The summed E-state index contributed by atoms with van der Waals surface area (Å²) in [6.45, 7) is 3.59. The monoisotopic (exact) mass is 345 g/mol. The van der Waals surface area contributed by atoms with Crippen molar-refractivity contribution in [1.82, 2.24) is 5.32 Å². The summed E-state index contributed by atoms with van der Waals surface area (Å²) in [6.07, 6.45) is 0. The van der Waals surface area contributed by atoms with E-state index in [1.807, 2.05) is 6.92 Å². The van der Waals surface area contributed by atoms with Gasteiger partial charge in [0.2, 0.25) is 0 Å². The van der Waals surface area contributed by atoms with Crippen LogP contribution in [0.3, 0.4) is 0 Å². The highest BCUT2D eigenvalue weighted by Gasteiger charge is 2.20. The molecule has 0 aliphatic carbocycles. The number of nitrogens with zero attached hydrogens (tertiary/aromatic N) is 1. The van der Waals surface area contributed by atoms with E-state index in [1.165, 1.54) is 24.3 Å². The molecule has 2 aromatic carbocycles. The first-order valence-corrected chi connectivity index (χ1v) is 7.36. The summed E-state index contributed by atoms with van der Waals surface area (Å²) in [6, 6.07) is 9.04. The van der Waals surface area contributed by atoms with Crippen molar-refractivity contribution in [1.29, 1.82) is 0 Å². The third kappa shape index (κ3) is 3.85. The molecule has 3 N–H and O–H groups in total. The summed E-state index contributed by atoms with van der Waals surface area (Å²) in [7, 11) is 0. The number of aromatic hydroxyl groups is 1. The minimum Gasteiger partial charge on any atom is -0.505 e. The Balaban J connectivity index is 2.16. The maximum Gasteiger partial charge on any atom is 0.282 e. The molecule has 1 amide bonds. The molecule has 2 aromatic rings. The van der Waals surface area contributed by atoms with Gasteiger partial charge in [0.15, 0.2) is 5.11 Å². The Labute approximate surface area is 143 Å². The number of amides is 1. The Morgan fingerprint density at radius 1 is 1.25 bits per heavy atom. The summed E-state index contributed by atoms with van der Waals surface area (Å²) < 4.78 is 0. The highest BCUT2D eigenvalue weighted by atomic mass is 32.1. The zero-order chi connectivity index (χ0) is 17.9. The third-order valence-corrected chi connectivity index (χ3v) is 3.47. The topological polar surface area (TPSA) is 104 Å². The lowest BCUT2D eigenvalue weighted by Crippen LogP contribution is -2.34. The van der Waals surface area contributed by atoms with E-state index in [-0.39, 0.29) is 22.1 Å². The summed E-state index contributed by atoms with van der Waals surface area (Å²) in [5.41, 5.74) is 1.50. The molecule has 124 valence electrons. The number of carbonyl (C=O) groups excluding carboxylic acids is 1. The van der Waals surface area contributed by atoms with Crippen LogP contribution in [0.4, 0.5) is 11.4 Å². The van der Waals surface area contributed by atoms with Gasteiger partial charge in [-0.3, -0.25) is 20.2 Å². The number of thiocarbonyl (C=S) groups is 1. The van der Waals surface area contributed by atoms with Crippen molar-refractivity contribution < 1.29 is 14.8 Å². The molecule has 0 radical (unpaired) electrons. The summed E-state index contributed by atoms with van der Waals surface area (Å²) in [4.78, 5) is 22.5. The molecular formula is C16H15N3O4S. The molecule has 0 saturated carbocycles.